The Morgan fingerprint density at radius 3 is 2.68 bits per heavy atom. The van der Waals surface area contributed by atoms with Crippen molar-refractivity contribution in [3.8, 4) is 0 Å². The number of carbonyl (C=O) groups excluding carboxylic acids is 1. The fraction of sp³-hybridized carbons (Fsp3) is 0.467. The number of nitrogens with one attached hydrogen (secondary N) is 1. The van der Waals surface area contributed by atoms with Crippen LogP contribution < -0.4 is 5.32 Å². The molecule has 0 aromatic carbocycles. The van der Waals surface area contributed by atoms with Crippen molar-refractivity contribution in [2.45, 2.75) is 34.6 Å². The van der Waals surface area contributed by atoms with E-state index in [1.807, 2.05) is 13.8 Å². The normalized spacial score (nSPS) is 11.3. The summed E-state index contributed by atoms with van der Waals surface area (Å²) >= 11 is 1.49. The molecular weight excluding hydrogens is 256 g/mol. The lowest BCUT2D eigenvalue weighted by Crippen LogP contribution is -2.27. The van der Waals surface area contributed by atoms with Gasteiger partial charge >= 0.3 is 0 Å². The van der Waals surface area contributed by atoms with E-state index in [1.54, 1.807) is 0 Å². The van der Waals surface area contributed by atoms with Crippen LogP contribution in [0.3, 0.4) is 0 Å². The predicted molar refractivity (Wildman–Crippen MR) is 81.0 cm³/mol. The molecule has 0 unspecified atom stereocenters. The van der Waals surface area contributed by atoms with Crippen molar-refractivity contribution >= 4 is 27.5 Å². The maximum absolute atomic E-state index is 12.2. The van der Waals surface area contributed by atoms with E-state index in [1.165, 1.54) is 16.9 Å². The van der Waals surface area contributed by atoms with Gasteiger partial charge in [0.2, 0.25) is 0 Å². The molecule has 0 spiro atoms. The Morgan fingerprint density at radius 1 is 1.37 bits per heavy atom. The number of pyridine rings is 1. The van der Waals surface area contributed by atoms with Gasteiger partial charge < -0.3 is 5.32 Å². The summed E-state index contributed by atoms with van der Waals surface area (Å²) in [4.78, 5) is 18.5. The number of thiophene rings is 1. The molecule has 4 heteroatoms. The van der Waals surface area contributed by atoms with Crippen LogP contribution in [0.1, 0.15) is 40.3 Å². The molecule has 0 aliphatic rings. The van der Waals surface area contributed by atoms with Crippen molar-refractivity contribution in [1.82, 2.24) is 10.3 Å². The highest BCUT2D eigenvalue weighted by atomic mass is 32.1. The number of aromatic nitrogens is 1. The summed E-state index contributed by atoms with van der Waals surface area (Å²) in [6, 6.07) is 2.07. The molecule has 0 saturated carbocycles. The van der Waals surface area contributed by atoms with Crippen LogP contribution in [-0.2, 0) is 0 Å². The molecule has 0 bridgehead atoms. The van der Waals surface area contributed by atoms with Crippen LogP contribution in [0.25, 0.3) is 10.2 Å². The van der Waals surface area contributed by atoms with E-state index in [0.717, 1.165) is 26.4 Å². The van der Waals surface area contributed by atoms with Gasteiger partial charge in [-0.15, -0.1) is 11.3 Å². The smallest absolute Gasteiger partial charge is 0.261 e. The first-order valence-corrected chi connectivity index (χ1v) is 7.37. The van der Waals surface area contributed by atoms with Crippen molar-refractivity contribution in [3.05, 3.63) is 27.8 Å². The lowest BCUT2D eigenvalue weighted by atomic mass is 10.1. The molecule has 0 atom stereocenters. The summed E-state index contributed by atoms with van der Waals surface area (Å²) in [6.07, 6.45) is 0. The molecule has 1 amide bonds. The van der Waals surface area contributed by atoms with E-state index in [2.05, 4.69) is 37.1 Å². The standard InChI is InChI=1S/C15H20N2OS/c1-8(2)7-16-14(18)13-11(5)12-9(3)6-10(4)17-15(12)19-13/h6,8H,7H2,1-5H3,(H,16,18). The Morgan fingerprint density at radius 2 is 2.05 bits per heavy atom. The molecule has 3 nitrogen and oxygen atoms in total. The summed E-state index contributed by atoms with van der Waals surface area (Å²) in [7, 11) is 0. The van der Waals surface area contributed by atoms with Crippen molar-refractivity contribution < 1.29 is 4.79 Å². The topological polar surface area (TPSA) is 42.0 Å². The van der Waals surface area contributed by atoms with Gasteiger partial charge in [0, 0.05) is 17.6 Å². The maximum Gasteiger partial charge on any atom is 0.261 e. The monoisotopic (exact) mass is 276 g/mol. The molecule has 2 aromatic heterocycles. The minimum absolute atomic E-state index is 0.0197. The van der Waals surface area contributed by atoms with Crippen molar-refractivity contribution in [2.75, 3.05) is 6.54 Å². The summed E-state index contributed by atoms with van der Waals surface area (Å²) in [5, 5.41) is 4.11. The van der Waals surface area contributed by atoms with Crippen LogP contribution in [0.2, 0.25) is 0 Å². The lowest BCUT2D eigenvalue weighted by molar-refractivity contribution is 0.0952. The van der Waals surface area contributed by atoms with E-state index in [-0.39, 0.29) is 5.91 Å². The second kappa shape index (κ2) is 5.29. The van der Waals surface area contributed by atoms with Crippen LogP contribution in [0.15, 0.2) is 6.07 Å². The summed E-state index contributed by atoms with van der Waals surface area (Å²) in [6.45, 7) is 11.0. The van der Waals surface area contributed by atoms with Gasteiger partial charge in [-0.1, -0.05) is 13.8 Å². The molecule has 102 valence electrons. The summed E-state index contributed by atoms with van der Waals surface area (Å²) in [5.74, 6) is 0.479. The first kappa shape index (κ1) is 14.0. The van der Waals surface area contributed by atoms with Gasteiger partial charge in [-0.2, -0.15) is 0 Å². The molecule has 0 fully saturated rings. The molecule has 0 aliphatic heterocycles. The SMILES string of the molecule is Cc1cc(C)c2c(C)c(C(=O)NCC(C)C)sc2n1. The maximum atomic E-state index is 12.2. The molecule has 0 radical (unpaired) electrons. The molecule has 1 N–H and O–H groups in total. The second-order valence-electron chi connectivity index (χ2n) is 5.42. The number of fused-ring (bicyclic) bond motifs is 1. The van der Waals surface area contributed by atoms with Crippen LogP contribution in [-0.4, -0.2) is 17.4 Å². The molecular formula is C15H20N2OS. The van der Waals surface area contributed by atoms with Gasteiger partial charge in [-0.25, -0.2) is 4.98 Å². The molecule has 2 rings (SSSR count). The van der Waals surface area contributed by atoms with Crippen LogP contribution in [0.5, 0.6) is 0 Å². The van der Waals surface area contributed by atoms with Gasteiger partial charge in [0.05, 0.1) is 4.88 Å². The number of hydrogen-bond acceptors (Lipinski definition) is 3. The fourth-order valence-corrected chi connectivity index (χ4v) is 3.43. The highest BCUT2D eigenvalue weighted by Crippen LogP contribution is 2.32. The number of hydrogen-bond donors (Lipinski definition) is 1. The summed E-state index contributed by atoms with van der Waals surface area (Å²) < 4.78 is 0. The first-order valence-electron chi connectivity index (χ1n) is 6.55. The minimum atomic E-state index is 0.0197. The fourth-order valence-electron chi connectivity index (χ4n) is 2.21. The zero-order valence-electron chi connectivity index (χ0n) is 12.1. The molecule has 0 aliphatic carbocycles. The number of carbonyl (C=O) groups is 1. The zero-order chi connectivity index (χ0) is 14.2. The molecule has 19 heavy (non-hydrogen) atoms. The van der Waals surface area contributed by atoms with Crippen molar-refractivity contribution in [3.63, 3.8) is 0 Å². The zero-order valence-corrected chi connectivity index (χ0v) is 12.9. The molecule has 2 heterocycles. The van der Waals surface area contributed by atoms with E-state index < -0.39 is 0 Å². The lowest BCUT2D eigenvalue weighted by Gasteiger charge is -2.06. The van der Waals surface area contributed by atoms with Gasteiger partial charge in [-0.05, 0) is 43.9 Å². The van der Waals surface area contributed by atoms with Gasteiger partial charge in [-0.3, -0.25) is 4.79 Å². The number of aryl methyl sites for hydroxylation is 3. The van der Waals surface area contributed by atoms with Crippen LogP contribution in [0, 0.1) is 26.7 Å². The van der Waals surface area contributed by atoms with Crippen LogP contribution >= 0.6 is 11.3 Å². The minimum Gasteiger partial charge on any atom is -0.351 e. The Kier molecular flexibility index (Phi) is 3.90. The van der Waals surface area contributed by atoms with Crippen LogP contribution in [0.4, 0.5) is 0 Å². The third-order valence-corrected chi connectivity index (χ3v) is 4.29. The highest BCUT2D eigenvalue weighted by Gasteiger charge is 2.17. The molecule has 2 aromatic rings. The Bertz CT molecular complexity index is 629. The van der Waals surface area contributed by atoms with Crippen molar-refractivity contribution in [2.24, 2.45) is 5.92 Å². The Hall–Kier alpha value is -1.42. The quantitative estimate of drug-likeness (QED) is 0.930. The number of amides is 1. The predicted octanol–water partition coefficient (Wildman–Crippen LogP) is 3.61. The van der Waals surface area contributed by atoms with E-state index in [0.29, 0.717) is 12.5 Å². The van der Waals surface area contributed by atoms with Gasteiger partial charge in [0.25, 0.3) is 5.91 Å². The average molecular weight is 276 g/mol. The van der Waals surface area contributed by atoms with Gasteiger partial charge in [0.1, 0.15) is 4.83 Å². The molecule has 0 saturated heterocycles. The van der Waals surface area contributed by atoms with Crippen molar-refractivity contribution in [1.29, 1.82) is 0 Å². The first-order chi connectivity index (χ1) is 8.90. The average Bonchev–Trinajstić information content (AvgIpc) is 2.63. The third kappa shape index (κ3) is 2.78. The van der Waals surface area contributed by atoms with E-state index >= 15 is 0 Å². The number of nitrogens with zero attached hydrogens (tertiary/aromatic N) is 1. The Labute approximate surface area is 118 Å². The van der Waals surface area contributed by atoms with E-state index in [9.17, 15) is 4.79 Å². The number of rotatable bonds is 3. The Balaban J connectivity index is 2.42. The second-order valence-corrected chi connectivity index (χ2v) is 6.42. The van der Waals surface area contributed by atoms with E-state index in [4.69, 9.17) is 0 Å². The highest BCUT2D eigenvalue weighted by molar-refractivity contribution is 7.20. The largest absolute Gasteiger partial charge is 0.351 e. The van der Waals surface area contributed by atoms with Gasteiger partial charge in [0.15, 0.2) is 0 Å². The summed E-state index contributed by atoms with van der Waals surface area (Å²) in [5.41, 5.74) is 3.24. The third-order valence-electron chi connectivity index (χ3n) is 3.10.